The molecule has 0 atom stereocenters. The number of amides is 1. The van der Waals surface area contributed by atoms with Crippen molar-refractivity contribution in [3.8, 4) is 11.1 Å². The fraction of sp³-hybridized carbons (Fsp3) is 0.417. The molecule has 1 aliphatic carbocycles. The van der Waals surface area contributed by atoms with Crippen molar-refractivity contribution in [1.29, 1.82) is 0 Å². The minimum atomic E-state index is -4.79. The quantitative estimate of drug-likeness (QED) is 0.482. The molecule has 1 amide bonds. The highest BCUT2D eigenvalue weighted by Crippen LogP contribution is 2.40. The highest BCUT2D eigenvalue weighted by molar-refractivity contribution is 5.82. The van der Waals surface area contributed by atoms with Gasteiger partial charge in [-0.3, -0.25) is 9.59 Å². The normalized spacial score (nSPS) is 14.2. The van der Waals surface area contributed by atoms with Crippen LogP contribution in [0.3, 0.4) is 0 Å². The summed E-state index contributed by atoms with van der Waals surface area (Å²) < 4.78 is 81.0. The Hall–Kier alpha value is -3.04. The topological polar surface area (TPSA) is 57.6 Å². The molecule has 0 unspecified atom stereocenters. The number of halogens is 6. The lowest BCUT2D eigenvalue weighted by Crippen LogP contribution is -2.31. The van der Waals surface area contributed by atoms with Crippen LogP contribution in [-0.4, -0.2) is 28.4 Å². The van der Waals surface area contributed by atoms with Crippen LogP contribution >= 0.6 is 0 Å². The number of benzene rings is 2. The Morgan fingerprint density at radius 2 is 1.53 bits per heavy atom. The molecule has 0 spiro atoms. The van der Waals surface area contributed by atoms with Crippen LogP contribution in [0.1, 0.15) is 47.6 Å². The number of hydrogen-bond donors (Lipinski definition) is 1. The Kier molecular flexibility index (Phi) is 7.00. The van der Waals surface area contributed by atoms with Crippen LogP contribution in [-0.2, 0) is 34.9 Å². The van der Waals surface area contributed by atoms with Crippen LogP contribution in [0.2, 0.25) is 0 Å². The number of carbonyl (C=O) groups is 2. The number of hydrogen-bond acceptors (Lipinski definition) is 2. The van der Waals surface area contributed by atoms with Gasteiger partial charge < -0.3 is 10.0 Å². The van der Waals surface area contributed by atoms with Crippen molar-refractivity contribution in [3.63, 3.8) is 0 Å². The first-order valence-corrected chi connectivity index (χ1v) is 10.6. The summed E-state index contributed by atoms with van der Waals surface area (Å²) in [6.07, 6.45) is -8.78. The smallest absolute Gasteiger partial charge is 0.416 e. The number of nitrogens with zero attached hydrogens (tertiary/aromatic N) is 1. The van der Waals surface area contributed by atoms with Gasteiger partial charge in [0.25, 0.3) is 0 Å². The van der Waals surface area contributed by atoms with Gasteiger partial charge in [0.2, 0.25) is 5.91 Å². The van der Waals surface area contributed by atoms with E-state index in [1.807, 2.05) is 0 Å². The summed E-state index contributed by atoms with van der Waals surface area (Å²) in [4.78, 5) is 25.2. The molecule has 1 N–H and O–H groups in total. The largest absolute Gasteiger partial charge is 0.481 e. The van der Waals surface area contributed by atoms with E-state index in [0.29, 0.717) is 12.8 Å². The van der Waals surface area contributed by atoms with Crippen molar-refractivity contribution >= 4 is 11.9 Å². The van der Waals surface area contributed by atoms with Gasteiger partial charge in [0.1, 0.15) is 0 Å². The Labute approximate surface area is 192 Å². The van der Waals surface area contributed by atoms with E-state index in [1.54, 1.807) is 6.92 Å². The van der Waals surface area contributed by atoms with Gasteiger partial charge in [-0.2, -0.15) is 26.3 Å². The number of rotatable bonds is 7. The van der Waals surface area contributed by atoms with Crippen molar-refractivity contribution < 1.29 is 41.0 Å². The molecule has 2 aromatic carbocycles. The number of carbonyl (C=O) groups excluding carboxylic acids is 1. The summed E-state index contributed by atoms with van der Waals surface area (Å²) in [5.74, 6) is -1.74. The summed E-state index contributed by atoms with van der Waals surface area (Å²) >= 11 is 0. The summed E-state index contributed by atoms with van der Waals surface area (Å²) in [5.41, 5.74) is -1.87. The molecule has 1 aliphatic rings. The van der Waals surface area contributed by atoms with Crippen molar-refractivity contribution in [2.75, 3.05) is 6.54 Å². The molecule has 0 saturated heterocycles. The monoisotopic (exact) mass is 487 g/mol. The van der Waals surface area contributed by atoms with Crippen LogP contribution in [0.4, 0.5) is 26.3 Å². The Bertz CT molecular complexity index is 1100. The van der Waals surface area contributed by atoms with E-state index in [2.05, 4.69) is 0 Å². The maximum Gasteiger partial charge on any atom is 0.416 e. The lowest BCUT2D eigenvalue weighted by molar-refractivity contribution is -0.138. The zero-order chi connectivity index (χ0) is 25.4. The second-order valence-electron chi connectivity index (χ2n) is 8.37. The first kappa shape index (κ1) is 25.6. The first-order chi connectivity index (χ1) is 15.7. The SMILES string of the molecule is CCN(Cc1cc(C(F)(F)F)ccc1-c1cc(C(F)(F)F)cc(CC(=O)O)c1C)C(=O)C1CC1. The van der Waals surface area contributed by atoms with Crippen molar-refractivity contribution in [3.05, 3.63) is 58.1 Å². The van der Waals surface area contributed by atoms with Gasteiger partial charge in [0.15, 0.2) is 0 Å². The highest BCUT2D eigenvalue weighted by atomic mass is 19.4. The molecule has 0 bridgehead atoms. The van der Waals surface area contributed by atoms with Gasteiger partial charge in [-0.1, -0.05) is 6.07 Å². The Morgan fingerprint density at radius 3 is 2.03 bits per heavy atom. The number of alkyl halides is 6. The van der Waals surface area contributed by atoms with Crippen molar-refractivity contribution in [2.24, 2.45) is 5.92 Å². The van der Waals surface area contributed by atoms with Gasteiger partial charge in [-0.05, 0) is 78.8 Å². The molecule has 2 aromatic rings. The van der Waals surface area contributed by atoms with Crippen LogP contribution in [0.15, 0.2) is 30.3 Å². The van der Waals surface area contributed by atoms with E-state index in [1.165, 1.54) is 11.8 Å². The first-order valence-electron chi connectivity index (χ1n) is 10.6. The Balaban J connectivity index is 2.21. The van der Waals surface area contributed by atoms with Crippen molar-refractivity contribution in [1.82, 2.24) is 4.90 Å². The molecule has 0 aliphatic heterocycles. The predicted octanol–water partition coefficient (Wildman–Crippen LogP) is 6.09. The third kappa shape index (κ3) is 5.71. The van der Waals surface area contributed by atoms with Crippen LogP contribution in [0, 0.1) is 12.8 Å². The second kappa shape index (κ2) is 9.31. The van der Waals surface area contributed by atoms with Crippen LogP contribution < -0.4 is 0 Å². The molecule has 0 heterocycles. The lowest BCUT2D eigenvalue weighted by Gasteiger charge is -2.25. The molecule has 0 aromatic heterocycles. The molecule has 10 heteroatoms. The second-order valence-corrected chi connectivity index (χ2v) is 8.37. The minimum absolute atomic E-state index is 0.0234. The third-order valence-electron chi connectivity index (χ3n) is 5.89. The minimum Gasteiger partial charge on any atom is -0.481 e. The van der Waals surface area contributed by atoms with Gasteiger partial charge in [-0.25, -0.2) is 0 Å². The predicted molar refractivity (Wildman–Crippen MR) is 112 cm³/mol. The number of carboxylic acids is 1. The van der Waals surface area contributed by atoms with Crippen LogP contribution in [0.25, 0.3) is 11.1 Å². The summed E-state index contributed by atoms with van der Waals surface area (Å²) in [6.45, 7) is 3.11. The average molecular weight is 487 g/mol. The lowest BCUT2D eigenvalue weighted by atomic mass is 9.89. The molecular formula is C24H23F6NO3. The van der Waals surface area contributed by atoms with E-state index in [9.17, 15) is 35.9 Å². The highest BCUT2D eigenvalue weighted by Gasteiger charge is 2.36. The van der Waals surface area contributed by atoms with Gasteiger partial charge >= 0.3 is 18.3 Å². The third-order valence-corrected chi connectivity index (χ3v) is 5.89. The molecule has 4 nitrogen and oxygen atoms in total. The van der Waals surface area contributed by atoms with Gasteiger partial charge in [0, 0.05) is 19.0 Å². The van der Waals surface area contributed by atoms with E-state index >= 15 is 0 Å². The molecular weight excluding hydrogens is 464 g/mol. The average Bonchev–Trinajstić information content (AvgIpc) is 3.56. The van der Waals surface area contributed by atoms with Crippen LogP contribution in [0.5, 0.6) is 0 Å². The molecule has 1 saturated carbocycles. The van der Waals surface area contributed by atoms with Gasteiger partial charge in [-0.15, -0.1) is 0 Å². The number of carboxylic acid groups (broad SMARTS) is 1. The molecule has 184 valence electrons. The van der Waals surface area contributed by atoms with E-state index in [-0.39, 0.29) is 52.7 Å². The van der Waals surface area contributed by atoms with Crippen molar-refractivity contribution in [2.45, 2.75) is 52.0 Å². The molecule has 34 heavy (non-hydrogen) atoms. The Morgan fingerprint density at radius 1 is 0.941 bits per heavy atom. The zero-order valence-electron chi connectivity index (χ0n) is 18.5. The van der Waals surface area contributed by atoms with Gasteiger partial charge in [0.05, 0.1) is 17.5 Å². The summed E-state index contributed by atoms with van der Waals surface area (Å²) in [7, 11) is 0. The zero-order valence-corrected chi connectivity index (χ0v) is 18.5. The maximum absolute atomic E-state index is 13.6. The fourth-order valence-electron chi connectivity index (χ4n) is 3.87. The standard InChI is InChI=1S/C24H23F6NO3/c1-3-31(22(34)14-4-5-14)12-16-9-17(23(25,26)27)6-7-19(16)20-11-18(24(28,29)30)8-15(13(20)2)10-21(32)33/h6-9,11,14H,3-5,10,12H2,1-2H3,(H,32,33). The fourth-order valence-corrected chi connectivity index (χ4v) is 3.87. The molecule has 0 radical (unpaired) electrons. The molecule has 1 fully saturated rings. The molecule has 3 rings (SSSR count). The number of aliphatic carboxylic acids is 1. The van der Waals surface area contributed by atoms with E-state index < -0.39 is 35.9 Å². The van der Waals surface area contributed by atoms with E-state index in [4.69, 9.17) is 5.11 Å². The van der Waals surface area contributed by atoms with E-state index in [0.717, 1.165) is 30.3 Å². The maximum atomic E-state index is 13.6. The summed E-state index contributed by atoms with van der Waals surface area (Å²) in [6, 6.07) is 4.25. The summed E-state index contributed by atoms with van der Waals surface area (Å²) in [5, 5.41) is 9.15.